The second-order valence-corrected chi connectivity index (χ2v) is 11.5. The fourth-order valence-corrected chi connectivity index (χ4v) is 5.99. The van der Waals surface area contributed by atoms with E-state index < -0.39 is 40.7 Å². The van der Waals surface area contributed by atoms with E-state index in [-0.39, 0.29) is 39.5 Å². The number of amidine groups is 1. The molecule has 38 heavy (non-hydrogen) atoms. The second kappa shape index (κ2) is 8.82. The highest BCUT2D eigenvalue weighted by molar-refractivity contribution is 8.15. The Hall–Kier alpha value is -3.42. The number of halogens is 4. The number of thioether (sulfide) groups is 1. The van der Waals surface area contributed by atoms with Gasteiger partial charge in [-0.1, -0.05) is 11.8 Å². The zero-order chi connectivity index (χ0) is 27.5. The number of nitrogens with two attached hydrogens (primary N) is 1. The van der Waals surface area contributed by atoms with Gasteiger partial charge in [-0.3, -0.25) is 14.6 Å². The number of carbonyl (C=O) groups is 2. The van der Waals surface area contributed by atoms with Crippen molar-refractivity contribution >= 4 is 34.4 Å². The van der Waals surface area contributed by atoms with Crippen LogP contribution in [0.5, 0.6) is 5.88 Å². The van der Waals surface area contributed by atoms with Gasteiger partial charge in [0.25, 0.3) is 5.91 Å². The summed E-state index contributed by atoms with van der Waals surface area (Å²) in [6.45, 7) is 2.15. The first kappa shape index (κ1) is 26.2. The van der Waals surface area contributed by atoms with Crippen molar-refractivity contribution in [1.82, 2.24) is 15.3 Å². The normalized spacial score (nSPS) is 27.0. The standard InChI is InChI=1S/C24H24F4N6O3S/c1-21(5-6-21)33-19(36)23-8-16(23)22(2,34-20(29)38-23)13-7-12(3-4-14(13)25)32-18(35)15-9-31-17(10-30-15)37-11-24(26,27)28/h3-4,7,9-10,16H,5-6,8,11H2,1-2H3,(H2,29,34)(H,32,35)(H,33,36)/t16-,22+,23-/m0/s1. The van der Waals surface area contributed by atoms with Gasteiger partial charge in [0.05, 0.1) is 17.9 Å². The van der Waals surface area contributed by atoms with E-state index >= 15 is 4.39 Å². The minimum absolute atomic E-state index is 0.136. The maximum Gasteiger partial charge on any atom is 0.422 e. The third-order valence-electron chi connectivity index (χ3n) is 7.03. The molecule has 202 valence electrons. The number of nitrogens with one attached hydrogen (secondary N) is 2. The van der Waals surface area contributed by atoms with Gasteiger partial charge in [-0.2, -0.15) is 13.2 Å². The summed E-state index contributed by atoms with van der Waals surface area (Å²) in [5.41, 5.74) is 4.94. The molecule has 1 aromatic heterocycles. The number of rotatable bonds is 7. The molecule has 9 nitrogen and oxygen atoms in total. The molecule has 0 radical (unpaired) electrons. The van der Waals surface area contributed by atoms with Crippen molar-refractivity contribution in [3.63, 3.8) is 0 Å². The van der Waals surface area contributed by atoms with Crippen molar-refractivity contribution < 1.29 is 31.9 Å². The van der Waals surface area contributed by atoms with Gasteiger partial charge in [0.15, 0.2) is 11.8 Å². The van der Waals surface area contributed by atoms with Crippen LogP contribution in [0, 0.1) is 11.7 Å². The average Bonchev–Trinajstić information content (AvgIpc) is 3.75. The number of aromatic nitrogens is 2. The number of alkyl halides is 3. The Morgan fingerprint density at radius 1 is 1.21 bits per heavy atom. The van der Waals surface area contributed by atoms with Crippen molar-refractivity contribution in [3.8, 4) is 5.88 Å². The molecule has 2 aromatic rings. The molecule has 2 heterocycles. The van der Waals surface area contributed by atoms with E-state index in [1.807, 2.05) is 6.92 Å². The lowest BCUT2D eigenvalue weighted by atomic mass is 9.85. The van der Waals surface area contributed by atoms with Crippen LogP contribution in [0.1, 0.15) is 49.2 Å². The monoisotopic (exact) mass is 552 g/mol. The van der Waals surface area contributed by atoms with E-state index in [0.717, 1.165) is 25.2 Å². The summed E-state index contributed by atoms with van der Waals surface area (Å²) < 4.78 is 55.7. The Balaban J connectivity index is 1.34. The Morgan fingerprint density at radius 3 is 2.58 bits per heavy atom. The number of ether oxygens (including phenoxy) is 1. The van der Waals surface area contributed by atoms with Crippen molar-refractivity contribution in [3.05, 3.63) is 47.7 Å². The molecule has 5 rings (SSSR count). The van der Waals surface area contributed by atoms with E-state index in [0.29, 0.717) is 6.42 Å². The smallest absolute Gasteiger partial charge is 0.422 e. The number of aliphatic imine (C=N–C) groups is 1. The molecule has 0 bridgehead atoms. The van der Waals surface area contributed by atoms with Crippen LogP contribution in [0.25, 0.3) is 0 Å². The number of amides is 2. The lowest BCUT2D eigenvalue weighted by Gasteiger charge is -2.34. The van der Waals surface area contributed by atoms with Crippen LogP contribution in [-0.2, 0) is 10.3 Å². The Labute approximate surface area is 219 Å². The van der Waals surface area contributed by atoms with Gasteiger partial charge < -0.3 is 21.1 Å². The predicted molar refractivity (Wildman–Crippen MR) is 131 cm³/mol. The summed E-state index contributed by atoms with van der Waals surface area (Å²) >= 11 is 1.20. The third kappa shape index (κ3) is 5.00. The Morgan fingerprint density at radius 2 is 1.95 bits per heavy atom. The predicted octanol–water partition coefficient (Wildman–Crippen LogP) is 3.51. The van der Waals surface area contributed by atoms with Gasteiger partial charge >= 0.3 is 6.18 Å². The maximum atomic E-state index is 15.1. The summed E-state index contributed by atoms with van der Waals surface area (Å²) in [4.78, 5) is 37.8. The molecule has 2 amide bonds. The minimum atomic E-state index is -4.54. The van der Waals surface area contributed by atoms with Gasteiger partial charge in [-0.05, 0) is 51.3 Å². The molecule has 3 atom stereocenters. The van der Waals surface area contributed by atoms with E-state index in [4.69, 9.17) is 5.73 Å². The molecule has 0 spiro atoms. The third-order valence-corrected chi connectivity index (χ3v) is 8.33. The van der Waals surface area contributed by atoms with Crippen LogP contribution < -0.4 is 21.1 Å². The number of hydrogen-bond donors (Lipinski definition) is 3. The molecule has 0 unspecified atom stereocenters. The number of anilines is 1. The fraction of sp³-hybridized carbons (Fsp3) is 0.458. The lowest BCUT2D eigenvalue weighted by molar-refractivity contribution is -0.154. The van der Waals surface area contributed by atoms with E-state index in [1.54, 1.807) is 6.92 Å². The average molecular weight is 553 g/mol. The minimum Gasteiger partial charge on any atom is -0.467 e. The van der Waals surface area contributed by atoms with Gasteiger partial charge in [-0.25, -0.2) is 14.4 Å². The molecule has 2 fully saturated rings. The molecule has 0 saturated heterocycles. The van der Waals surface area contributed by atoms with Gasteiger partial charge in [0.2, 0.25) is 11.8 Å². The fourth-order valence-electron chi connectivity index (χ4n) is 4.61. The molecule has 3 aliphatic rings. The molecular formula is C24H24F4N6O3S. The first-order valence-electron chi connectivity index (χ1n) is 11.7. The van der Waals surface area contributed by atoms with Crippen LogP contribution in [0.4, 0.5) is 23.2 Å². The SMILES string of the molecule is CC1(NC(=O)[C@]23C[C@H]2[C@@](C)(c2cc(NC(=O)c4cnc(OCC(F)(F)F)cn4)ccc2F)N=C(N)S3)CC1. The number of carbonyl (C=O) groups excluding carboxylic acids is 2. The van der Waals surface area contributed by atoms with E-state index in [9.17, 15) is 22.8 Å². The first-order chi connectivity index (χ1) is 17.7. The second-order valence-electron chi connectivity index (χ2n) is 10.2. The topological polar surface area (TPSA) is 132 Å². The molecule has 2 aliphatic carbocycles. The molecular weight excluding hydrogens is 528 g/mol. The van der Waals surface area contributed by atoms with Crippen molar-refractivity contribution in [2.75, 3.05) is 11.9 Å². The summed E-state index contributed by atoms with van der Waals surface area (Å²) in [5, 5.41) is 5.83. The Bertz CT molecular complexity index is 1330. The number of fused-ring (bicyclic) bond motifs is 1. The largest absolute Gasteiger partial charge is 0.467 e. The first-order valence-corrected chi connectivity index (χ1v) is 12.5. The van der Waals surface area contributed by atoms with Gasteiger partial charge in [0.1, 0.15) is 16.3 Å². The van der Waals surface area contributed by atoms with E-state index in [1.165, 1.54) is 30.0 Å². The highest BCUT2D eigenvalue weighted by Crippen LogP contribution is 2.66. The molecule has 4 N–H and O–H groups in total. The van der Waals surface area contributed by atoms with Crippen molar-refractivity contribution in [1.29, 1.82) is 0 Å². The number of benzene rings is 1. The van der Waals surface area contributed by atoms with Crippen LogP contribution in [-0.4, -0.2) is 50.0 Å². The van der Waals surface area contributed by atoms with Crippen molar-refractivity contribution in [2.45, 2.75) is 55.1 Å². The molecule has 2 saturated carbocycles. The van der Waals surface area contributed by atoms with Crippen LogP contribution in [0.3, 0.4) is 0 Å². The summed E-state index contributed by atoms with van der Waals surface area (Å²) in [6, 6.07) is 3.95. The van der Waals surface area contributed by atoms with Crippen LogP contribution >= 0.6 is 11.8 Å². The zero-order valence-corrected chi connectivity index (χ0v) is 21.2. The quantitative estimate of drug-likeness (QED) is 0.448. The van der Waals surface area contributed by atoms with Gasteiger partial charge in [0, 0.05) is 22.7 Å². The molecule has 1 aliphatic heterocycles. The van der Waals surface area contributed by atoms with Crippen molar-refractivity contribution in [2.24, 2.45) is 16.6 Å². The Kier molecular flexibility index (Phi) is 6.08. The summed E-state index contributed by atoms with van der Waals surface area (Å²) in [5.74, 6) is -2.14. The number of nitrogens with zero attached hydrogens (tertiary/aromatic N) is 3. The molecule has 1 aromatic carbocycles. The zero-order valence-electron chi connectivity index (χ0n) is 20.4. The summed E-state index contributed by atoms with van der Waals surface area (Å²) in [7, 11) is 0. The van der Waals surface area contributed by atoms with Gasteiger partial charge in [-0.15, -0.1) is 0 Å². The van der Waals surface area contributed by atoms with Crippen LogP contribution in [0.2, 0.25) is 0 Å². The highest BCUT2D eigenvalue weighted by atomic mass is 32.2. The maximum absolute atomic E-state index is 15.1. The number of hydrogen-bond acceptors (Lipinski definition) is 8. The highest BCUT2D eigenvalue weighted by Gasteiger charge is 2.71. The molecule has 14 heteroatoms. The van der Waals surface area contributed by atoms with Crippen LogP contribution in [0.15, 0.2) is 35.6 Å². The summed E-state index contributed by atoms with van der Waals surface area (Å²) in [6.07, 6.45) is -0.416. The lowest BCUT2D eigenvalue weighted by Crippen LogP contribution is -2.47. The van der Waals surface area contributed by atoms with E-state index in [2.05, 4.69) is 30.3 Å².